The van der Waals surface area contributed by atoms with Crippen molar-refractivity contribution in [2.75, 3.05) is 19.5 Å². The molecule has 188 valence electrons. The van der Waals surface area contributed by atoms with Crippen LogP contribution in [-0.2, 0) is 9.59 Å². The van der Waals surface area contributed by atoms with Crippen molar-refractivity contribution in [3.63, 3.8) is 0 Å². The number of carbonyl (C=O) groups excluding carboxylic acids is 2. The quantitative estimate of drug-likeness (QED) is 0.245. The fourth-order valence-corrected chi connectivity index (χ4v) is 9.78. The van der Waals surface area contributed by atoms with E-state index in [-0.39, 0.29) is 5.66 Å². The number of benzene rings is 4. The number of nitrogens with one attached hydrogen (secondary N) is 1. The van der Waals surface area contributed by atoms with Gasteiger partial charge in [0, 0.05) is 6.92 Å². The number of methoxy groups -OCH3 is 2. The summed E-state index contributed by atoms with van der Waals surface area (Å²) in [6, 6.07) is 35.0. The van der Waals surface area contributed by atoms with E-state index < -0.39 is 19.0 Å². The maximum absolute atomic E-state index is 12.7. The highest BCUT2D eigenvalue weighted by atomic mass is 31.2. The van der Waals surface area contributed by atoms with Gasteiger partial charge in [-0.25, -0.2) is 0 Å². The minimum absolute atomic E-state index is 0.174. The number of ether oxygens (including phenoxy) is 2. The van der Waals surface area contributed by atoms with Crippen LogP contribution in [0.5, 0.6) is 11.5 Å². The third-order valence-electron chi connectivity index (χ3n) is 6.65. The summed E-state index contributed by atoms with van der Waals surface area (Å²) in [6.07, 6.45) is 0. The Morgan fingerprint density at radius 3 is 1.46 bits per heavy atom. The molecular weight excluding hydrogens is 481 g/mol. The molecule has 0 aliphatic carbocycles. The van der Waals surface area contributed by atoms with Crippen molar-refractivity contribution in [1.82, 2.24) is 0 Å². The van der Waals surface area contributed by atoms with Crippen molar-refractivity contribution in [2.45, 2.75) is 19.5 Å². The van der Waals surface area contributed by atoms with Crippen LogP contribution < -0.4 is 30.7 Å². The van der Waals surface area contributed by atoms with Crippen molar-refractivity contribution in [1.29, 1.82) is 0 Å². The van der Waals surface area contributed by atoms with Crippen LogP contribution in [0.3, 0.4) is 0 Å². The van der Waals surface area contributed by atoms with Crippen LogP contribution in [0.15, 0.2) is 103 Å². The van der Waals surface area contributed by atoms with Crippen molar-refractivity contribution in [2.24, 2.45) is 0 Å². The predicted octanol–water partition coefficient (Wildman–Crippen LogP) is 5.29. The van der Waals surface area contributed by atoms with E-state index in [0.717, 1.165) is 5.56 Å². The monoisotopic (exact) mass is 512 g/mol. The summed E-state index contributed by atoms with van der Waals surface area (Å²) in [6.45, 7) is 3.42. The number of amides is 1. The van der Waals surface area contributed by atoms with Crippen molar-refractivity contribution < 1.29 is 19.1 Å². The molecule has 1 atom stereocenters. The third kappa shape index (κ3) is 4.87. The van der Waals surface area contributed by atoms with Crippen LogP contribution in [0.25, 0.3) is 0 Å². The average Bonchev–Trinajstić information content (AvgIpc) is 2.94. The number of rotatable bonds is 9. The Bertz CT molecular complexity index is 1280. The molecule has 4 rings (SSSR count). The number of carbonyl (C=O) groups is 2. The van der Waals surface area contributed by atoms with E-state index in [1.807, 2.05) is 24.3 Å². The highest BCUT2D eigenvalue weighted by Gasteiger charge is 2.52. The van der Waals surface area contributed by atoms with Gasteiger partial charge in [0.1, 0.15) is 40.3 Å². The van der Waals surface area contributed by atoms with Gasteiger partial charge in [-0.3, -0.25) is 9.59 Å². The molecule has 6 heteroatoms. The summed E-state index contributed by atoms with van der Waals surface area (Å²) >= 11 is 0. The van der Waals surface area contributed by atoms with Crippen molar-refractivity contribution >= 4 is 40.6 Å². The van der Waals surface area contributed by atoms with Gasteiger partial charge in [0.05, 0.1) is 25.5 Å². The largest absolute Gasteiger partial charge is 0.496 e. The molecule has 0 spiro atoms. The zero-order chi connectivity index (χ0) is 26.4. The molecule has 4 aromatic rings. The molecule has 0 radical (unpaired) electrons. The maximum Gasteiger partial charge on any atom is 0.291 e. The minimum Gasteiger partial charge on any atom is -0.496 e. The van der Waals surface area contributed by atoms with Gasteiger partial charge in [0.15, 0.2) is 0 Å². The van der Waals surface area contributed by atoms with Crippen molar-refractivity contribution in [3.05, 3.63) is 109 Å². The number of anilines is 1. The van der Waals surface area contributed by atoms with Gasteiger partial charge in [0.25, 0.3) is 5.91 Å². The van der Waals surface area contributed by atoms with Crippen LogP contribution in [0, 0.1) is 0 Å². The fourth-order valence-electron chi connectivity index (χ4n) is 4.97. The van der Waals surface area contributed by atoms with E-state index in [9.17, 15) is 9.59 Å². The molecule has 37 heavy (non-hydrogen) atoms. The lowest BCUT2D eigenvalue weighted by Crippen LogP contribution is -2.35. The molecular formula is C31H31NO4P+. The van der Waals surface area contributed by atoms with E-state index in [1.165, 1.54) is 22.8 Å². The van der Waals surface area contributed by atoms with Crippen LogP contribution in [0.4, 0.5) is 5.69 Å². The SMILES string of the molecule is COc1ccc(OC)c(C(C)[P+](c2ccccc2)(c2ccccc2)c2ccccc2)c1NC(=O)C(C)=O. The van der Waals surface area contributed by atoms with Gasteiger partial charge in [-0.2, -0.15) is 0 Å². The Hall–Kier alpha value is -3.95. The van der Waals surface area contributed by atoms with Gasteiger partial charge in [-0.15, -0.1) is 0 Å². The predicted molar refractivity (Wildman–Crippen MR) is 152 cm³/mol. The molecule has 0 saturated carbocycles. The molecule has 0 bridgehead atoms. The number of hydrogen-bond donors (Lipinski definition) is 1. The molecule has 5 nitrogen and oxygen atoms in total. The van der Waals surface area contributed by atoms with Crippen LogP contribution >= 0.6 is 7.26 Å². The Labute approximate surface area is 218 Å². The first kappa shape index (κ1) is 26.1. The Morgan fingerprint density at radius 2 is 1.08 bits per heavy atom. The van der Waals surface area contributed by atoms with E-state index in [1.54, 1.807) is 20.3 Å². The first-order valence-corrected chi connectivity index (χ1v) is 13.9. The lowest BCUT2D eigenvalue weighted by molar-refractivity contribution is -0.133. The van der Waals surface area contributed by atoms with Gasteiger partial charge in [-0.1, -0.05) is 54.6 Å². The lowest BCUT2D eigenvalue weighted by Gasteiger charge is -2.34. The molecule has 1 unspecified atom stereocenters. The molecule has 1 N–H and O–H groups in total. The van der Waals surface area contributed by atoms with Crippen LogP contribution in [-0.4, -0.2) is 25.9 Å². The highest BCUT2D eigenvalue weighted by molar-refractivity contribution is 7.96. The Kier molecular flexibility index (Phi) is 8.05. The second-order valence-electron chi connectivity index (χ2n) is 8.67. The first-order valence-electron chi connectivity index (χ1n) is 12.1. The van der Waals surface area contributed by atoms with E-state index in [0.29, 0.717) is 17.2 Å². The number of Topliss-reactive ketones (excluding diaryl/α,β-unsaturated/α-hetero) is 1. The molecule has 0 aliphatic rings. The van der Waals surface area contributed by atoms with Crippen molar-refractivity contribution in [3.8, 4) is 11.5 Å². The van der Waals surface area contributed by atoms with Gasteiger partial charge >= 0.3 is 0 Å². The number of hydrogen-bond acceptors (Lipinski definition) is 4. The molecule has 0 aliphatic heterocycles. The van der Waals surface area contributed by atoms with E-state index >= 15 is 0 Å². The molecule has 0 heterocycles. The van der Waals surface area contributed by atoms with Gasteiger partial charge in [0.2, 0.25) is 5.78 Å². The lowest BCUT2D eigenvalue weighted by atomic mass is 10.1. The van der Waals surface area contributed by atoms with E-state index in [2.05, 4.69) is 85.0 Å². The maximum atomic E-state index is 12.7. The van der Waals surface area contributed by atoms with E-state index in [4.69, 9.17) is 9.47 Å². The minimum atomic E-state index is -2.40. The first-order chi connectivity index (χ1) is 17.9. The zero-order valence-corrected chi connectivity index (χ0v) is 22.4. The third-order valence-corrected chi connectivity index (χ3v) is 11.4. The summed E-state index contributed by atoms with van der Waals surface area (Å²) < 4.78 is 11.6. The second-order valence-corrected chi connectivity index (χ2v) is 12.4. The summed E-state index contributed by atoms with van der Waals surface area (Å²) in [7, 11) is 0.760. The standard InChI is InChI=1S/C31H30NO4P/c1-22(33)31(34)32-30-28(36-4)21-20-27(35-3)29(30)23(2)37(24-14-8-5-9-15-24,25-16-10-6-11-17-25)26-18-12-7-13-19-26/h5-21,23H,1-4H3/p+1. The van der Waals surface area contributed by atoms with Gasteiger partial charge < -0.3 is 14.8 Å². The summed E-state index contributed by atoms with van der Waals surface area (Å²) in [5.74, 6) is -0.217. The second kappa shape index (κ2) is 11.4. The number of ketones is 1. The average molecular weight is 513 g/mol. The zero-order valence-electron chi connectivity index (χ0n) is 21.5. The van der Waals surface area contributed by atoms with Crippen LogP contribution in [0.1, 0.15) is 25.1 Å². The Morgan fingerprint density at radius 1 is 0.676 bits per heavy atom. The summed E-state index contributed by atoms with van der Waals surface area (Å²) in [5, 5.41) is 6.40. The Balaban J connectivity index is 2.12. The normalized spacial score (nSPS) is 11.9. The molecule has 0 saturated heterocycles. The summed E-state index contributed by atoms with van der Waals surface area (Å²) in [4.78, 5) is 24.6. The van der Waals surface area contributed by atoms with Crippen LogP contribution in [0.2, 0.25) is 0 Å². The topological polar surface area (TPSA) is 64.6 Å². The van der Waals surface area contributed by atoms with Gasteiger partial charge in [-0.05, 0) is 55.5 Å². The molecule has 1 amide bonds. The fraction of sp³-hybridized carbons (Fsp3) is 0.161. The molecule has 0 fully saturated rings. The summed E-state index contributed by atoms with van der Waals surface area (Å²) in [5.41, 5.74) is 1.05. The smallest absolute Gasteiger partial charge is 0.291 e. The highest BCUT2D eigenvalue weighted by Crippen LogP contribution is 2.68. The molecule has 0 aromatic heterocycles. The molecule has 4 aromatic carbocycles.